The third-order valence-electron chi connectivity index (χ3n) is 1.51. The van der Waals surface area contributed by atoms with Crippen LogP contribution in [0.5, 0.6) is 0 Å². The molecule has 0 fully saturated rings. The third kappa shape index (κ3) is 8.90. The summed E-state index contributed by atoms with van der Waals surface area (Å²) in [5, 5.41) is 2.77. The van der Waals surface area contributed by atoms with E-state index in [1.807, 2.05) is 0 Å². The van der Waals surface area contributed by atoms with E-state index < -0.39 is 0 Å². The first-order chi connectivity index (χ1) is 6.31. The fourth-order valence-corrected chi connectivity index (χ4v) is 0.826. The molecule has 0 aliphatic carbocycles. The van der Waals surface area contributed by atoms with E-state index in [1.54, 1.807) is 0 Å². The molecule has 0 heterocycles. The van der Waals surface area contributed by atoms with Crippen molar-refractivity contribution in [2.75, 3.05) is 19.7 Å². The third-order valence-corrected chi connectivity index (χ3v) is 1.51. The van der Waals surface area contributed by atoms with Crippen LogP contribution in [0.4, 0.5) is 0 Å². The number of hydrogen-bond donors (Lipinski definition) is 1. The van der Waals surface area contributed by atoms with Crippen molar-refractivity contribution in [1.29, 1.82) is 0 Å². The molecule has 0 saturated heterocycles. The number of esters is 1. The number of terminal acetylenes is 1. The summed E-state index contributed by atoms with van der Waals surface area (Å²) in [5.74, 6) is 2.15. The van der Waals surface area contributed by atoms with Crippen LogP contribution in [0.15, 0.2) is 0 Å². The van der Waals surface area contributed by atoms with Gasteiger partial charge in [-0.3, -0.25) is 10.1 Å². The first-order valence-corrected chi connectivity index (χ1v) is 4.61. The summed E-state index contributed by atoms with van der Waals surface area (Å²) in [6.07, 6.45) is 8.17. The molecule has 0 aromatic heterocycles. The molecule has 0 saturated carbocycles. The number of carbonyl (C=O) groups excluding carboxylic acids is 1. The molecular formula is C10H17NO2. The van der Waals surface area contributed by atoms with Crippen LogP contribution in [0.25, 0.3) is 0 Å². The van der Waals surface area contributed by atoms with Gasteiger partial charge in [-0.25, -0.2) is 0 Å². The summed E-state index contributed by atoms with van der Waals surface area (Å²) in [6.45, 7) is 3.24. The topological polar surface area (TPSA) is 38.3 Å². The van der Waals surface area contributed by atoms with Gasteiger partial charge in [-0.05, 0) is 6.42 Å². The van der Waals surface area contributed by atoms with Gasteiger partial charge < -0.3 is 4.74 Å². The molecule has 3 nitrogen and oxygen atoms in total. The molecule has 1 N–H and O–H groups in total. The molecule has 0 aromatic carbocycles. The summed E-state index contributed by atoms with van der Waals surface area (Å²) >= 11 is 0. The van der Waals surface area contributed by atoms with Crippen LogP contribution in [0.1, 0.15) is 26.2 Å². The summed E-state index contributed by atoms with van der Waals surface area (Å²) in [5.41, 5.74) is 0. The van der Waals surface area contributed by atoms with Crippen LogP contribution in [-0.2, 0) is 9.53 Å². The standard InChI is InChI=1S/C10H17NO2/c1-3-5-6-8-13-10(12)9-11-7-4-2/h2,11H,3,5-9H2,1H3. The minimum Gasteiger partial charge on any atom is -0.465 e. The van der Waals surface area contributed by atoms with Crippen LogP contribution in [0.3, 0.4) is 0 Å². The predicted molar refractivity (Wildman–Crippen MR) is 52.2 cm³/mol. The highest BCUT2D eigenvalue weighted by molar-refractivity contribution is 5.71. The Bertz CT molecular complexity index is 172. The zero-order valence-corrected chi connectivity index (χ0v) is 8.14. The molecule has 0 aliphatic heterocycles. The van der Waals surface area contributed by atoms with Crippen LogP contribution >= 0.6 is 0 Å². The normalized spacial score (nSPS) is 9.23. The second kappa shape index (κ2) is 9.08. The number of rotatable bonds is 7. The highest BCUT2D eigenvalue weighted by Crippen LogP contribution is 1.93. The van der Waals surface area contributed by atoms with Gasteiger partial charge >= 0.3 is 5.97 Å². The fourth-order valence-electron chi connectivity index (χ4n) is 0.826. The van der Waals surface area contributed by atoms with E-state index >= 15 is 0 Å². The van der Waals surface area contributed by atoms with Crippen molar-refractivity contribution >= 4 is 5.97 Å². The zero-order valence-electron chi connectivity index (χ0n) is 8.14. The van der Waals surface area contributed by atoms with Crippen LogP contribution in [-0.4, -0.2) is 25.7 Å². The molecule has 0 aliphatic rings. The summed E-state index contributed by atoms with van der Waals surface area (Å²) in [7, 11) is 0. The average Bonchev–Trinajstić information content (AvgIpc) is 2.13. The Kier molecular flexibility index (Phi) is 8.38. The average molecular weight is 183 g/mol. The largest absolute Gasteiger partial charge is 0.465 e. The predicted octanol–water partition coefficient (Wildman–Crippen LogP) is 0.943. The van der Waals surface area contributed by atoms with Crippen LogP contribution < -0.4 is 5.32 Å². The molecule has 3 heteroatoms. The number of hydrogen-bond acceptors (Lipinski definition) is 3. The Hall–Kier alpha value is -1.01. The Morgan fingerprint density at radius 2 is 2.31 bits per heavy atom. The van der Waals surface area contributed by atoms with E-state index in [0.29, 0.717) is 13.2 Å². The highest BCUT2D eigenvalue weighted by Gasteiger charge is 1.99. The van der Waals surface area contributed by atoms with E-state index in [4.69, 9.17) is 11.2 Å². The van der Waals surface area contributed by atoms with Gasteiger partial charge in [0.2, 0.25) is 0 Å². The highest BCUT2D eigenvalue weighted by atomic mass is 16.5. The van der Waals surface area contributed by atoms with E-state index in [1.165, 1.54) is 0 Å². The Morgan fingerprint density at radius 1 is 1.54 bits per heavy atom. The van der Waals surface area contributed by atoms with E-state index in [2.05, 4.69) is 18.2 Å². The van der Waals surface area contributed by atoms with Crippen LogP contribution in [0.2, 0.25) is 0 Å². The number of unbranched alkanes of at least 4 members (excludes halogenated alkanes) is 2. The van der Waals surface area contributed by atoms with Gasteiger partial charge in [0.05, 0.1) is 19.7 Å². The van der Waals surface area contributed by atoms with Crippen molar-refractivity contribution in [2.24, 2.45) is 0 Å². The maximum absolute atomic E-state index is 10.9. The van der Waals surface area contributed by atoms with Crippen molar-refractivity contribution in [2.45, 2.75) is 26.2 Å². The molecule has 0 atom stereocenters. The number of nitrogens with one attached hydrogen (secondary N) is 1. The van der Waals surface area contributed by atoms with Gasteiger partial charge in [0.15, 0.2) is 0 Å². The maximum Gasteiger partial charge on any atom is 0.319 e. The summed E-state index contributed by atoms with van der Waals surface area (Å²) < 4.78 is 4.92. The Morgan fingerprint density at radius 3 is 2.92 bits per heavy atom. The molecule has 0 radical (unpaired) electrons. The summed E-state index contributed by atoms with van der Waals surface area (Å²) in [4.78, 5) is 10.9. The molecule has 0 amide bonds. The van der Waals surface area contributed by atoms with Crippen LogP contribution in [0, 0.1) is 12.3 Å². The van der Waals surface area contributed by atoms with Gasteiger partial charge in [-0.2, -0.15) is 0 Å². The van der Waals surface area contributed by atoms with E-state index in [0.717, 1.165) is 19.3 Å². The van der Waals surface area contributed by atoms with Gasteiger partial charge in [-0.15, -0.1) is 6.42 Å². The van der Waals surface area contributed by atoms with E-state index in [-0.39, 0.29) is 12.5 Å². The SMILES string of the molecule is C#CCNCC(=O)OCCCCC. The lowest BCUT2D eigenvalue weighted by molar-refractivity contribution is -0.142. The molecule has 74 valence electrons. The minimum atomic E-state index is -0.230. The van der Waals surface area contributed by atoms with E-state index in [9.17, 15) is 4.79 Å². The molecule has 0 aromatic rings. The van der Waals surface area contributed by atoms with Crippen molar-refractivity contribution in [1.82, 2.24) is 5.32 Å². The van der Waals surface area contributed by atoms with Crippen molar-refractivity contribution in [3.05, 3.63) is 0 Å². The fraction of sp³-hybridized carbons (Fsp3) is 0.700. The van der Waals surface area contributed by atoms with Gasteiger partial charge in [0.1, 0.15) is 0 Å². The molecular weight excluding hydrogens is 166 g/mol. The van der Waals surface area contributed by atoms with Gasteiger partial charge in [0, 0.05) is 0 Å². The second-order valence-corrected chi connectivity index (χ2v) is 2.74. The van der Waals surface area contributed by atoms with Gasteiger partial charge in [0.25, 0.3) is 0 Å². The zero-order chi connectivity index (χ0) is 9.94. The first-order valence-electron chi connectivity index (χ1n) is 4.61. The lowest BCUT2D eigenvalue weighted by Crippen LogP contribution is -2.25. The lowest BCUT2D eigenvalue weighted by atomic mass is 10.3. The lowest BCUT2D eigenvalue weighted by Gasteiger charge is -2.03. The monoisotopic (exact) mass is 183 g/mol. The number of ether oxygens (including phenoxy) is 1. The smallest absolute Gasteiger partial charge is 0.319 e. The maximum atomic E-state index is 10.9. The van der Waals surface area contributed by atoms with Crippen molar-refractivity contribution in [3.63, 3.8) is 0 Å². The Labute approximate surface area is 79.8 Å². The van der Waals surface area contributed by atoms with Crippen molar-refractivity contribution < 1.29 is 9.53 Å². The molecule has 13 heavy (non-hydrogen) atoms. The molecule has 0 bridgehead atoms. The molecule has 0 rings (SSSR count). The molecule has 0 unspecified atom stereocenters. The molecule has 0 spiro atoms. The Balaban J connectivity index is 3.16. The second-order valence-electron chi connectivity index (χ2n) is 2.74. The van der Waals surface area contributed by atoms with Gasteiger partial charge in [-0.1, -0.05) is 25.7 Å². The summed E-state index contributed by atoms with van der Waals surface area (Å²) in [6, 6.07) is 0. The first kappa shape index (κ1) is 12.0. The van der Waals surface area contributed by atoms with Crippen molar-refractivity contribution in [3.8, 4) is 12.3 Å². The number of carbonyl (C=O) groups is 1. The quantitative estimate of drug-likeness (QED) is 0.363. The minimum absolute atomic E-state index is 0.205.